The SMILES string of the molecule is CCCc1nc(-c2ccccc2NC)n(C)n1. The molecule has 4 nitrogen and oxygen atoms in total. The molecule has 2 aromatic rings. The van der Waals surface area contributed by atoms with Gasteiger partial charge >= 0.3 is 0 Å². The lowest BCUT2D eigenvalue weighted by Gasteiger charge is -2.07. The number of rotatable bonds is 4. The Hall–Kier alpha value is -1.84. The molecule has 0 aliphatic carbocycles. The number of hydrogen-bond donors (Lipinski definition) is 1. The normalized spacial score (nSPS) is 10.5. The number of aromatic nitrogens is 3. The zero-order chi connectivity index (χ0) is 12.3. The van der Waals surface area contributed by atoms with Crippen molar-refractivity contribution < 1.29 is 0 Å². The number of para-hydroxylation sites is 1. The summed E-state index contributed by atoms with van der Waals surface area (Å²) in [5.41, 5.74) is 2.17. The van der Waals surface area contributed by atoms with Crippen LogP contribution in [-0.2, 0) is 13.5 Å². The van der Waals surface area contributed by atoms with Gasteiger partial charge in [0.05, 0.1) is 0 Å². The van der Waals surface area contributed by atoms with Crippen molar-refractivity contribution in [2.24, 2.45) is 7.05 Å². The summed E-state index contributed by atoms with van der Waals surface area (Å²) in [7, 11) is 3.86. The molecule has 0 aliphatic heterocycles. The fourth-order valence-electron chi connectivity index (χ4n) is 1.90. The second-order valence-corrected chi connectivity index (χ2v) is 4.02. The van der Waals surface area contributed by atoms with Crippen LogP contribution in [0.4, 0.5) is 5.69 Å². The van der Waals surface area contributed by atoms with Crippen LogP contribution in [-0.4, -0.2) is 21.8 Å². The number of nitrogens with zero attached hydrogens (tertiary/aromatic N) is 3. The summed E-state index contributed by atoms with van der Waals surface area (Å²) < 4.78 is 1.85. The number of nitrogens with one attached hydrogen (secondary N) is 1. The highest BCUT2D eigenvalue weighted by Crippen LogP contribution is 2.25. The van der Waals surface area contributed by atoms with Crippen molar-refractivity contribution in [2.75, 3.05) is 12.4 Å². The second-order valence-electron chi connectivity index (χ2n) is 4.02. The Labute approximate surface area is 102 Å². The van der Waals surface area contributed by atoms with Gasteiger partial charge in [0, 0.05) is 31.8 Å². The highest BCUT2D eigenvalue weighted by atomic mass is 15.3. The minimum atomic E-state index is 0.913. The number of hydrogen-bond acceptors (Lipinski definition) is 3. The summed E-state index contributed by atoms with van der Waals surface area (Å²) in [6.07, 6.45) is 1.99. The Morgan fingerprint density at radius 3 is 2.76 bits per heavy atom. The van der Waals surface area contributed by atoms with Crippen LogP contribution in [0.2, 0.25) is 0 Å². The van der Waals surface area contributed by atoms with Crippen molar-refractivity contribution in [2.45, 2.75) is 19.8 Å². The summed E-state index contributed by atoms with van der Waals surface area (Å²) >= 11 is 0. The third-order valence-electron chi connectivity index (χ3n) is 2.72. The van der Waals surface area contributed by atoms with E-state index in [2.05, 4.69) is 28.4 Å². The van der Waals surface area contributed by atoms with Gasteiger partial charge in [-0.3, -0.25) is 0 Å². The first-order valence-electron chi connectivity index (χ1n) is 5.93. The number of benzene rings is 1. The molecule has 0 bridgehead atoms. The van der Waals surface area contributed by atoms with Crippen LogP contribution >= 0.6 is 0 Å². The molecule has 1 aromatic carbocycles. The third-order valence-corrected chi connectivity index (χ3v) is 2.72. The predicted molar refractivity (Wildman–Crippen MR) is 70.0 cm³/mol. The molecule has 0 unspecified atom stereocenters. The van der Waals surface area contributed by atoms with Crippen LogP contribution in [0.15, 0.2) is 24.3 Å². The number of anilines is 1. The quantitative estimate of drug-likeness (QED) is 0.877. The van der Waals surface area contributed by atoms with Crippen molar-refractivity contribution in [3.05, 3.63) is 30.1 Å². The third kappa shape index (κ3) is 2.30. The van der Waals surface area contributed by atoms with Gasteiger partial charge in [0.1, 0.15) is 0 Å². The van der Waals surface area contributed by atoms with Gasteiger partial charge in [-0.1, -0.05) is 19.1 Å². The highest BCUT2D eigenvalue weighted by molar-refractivity contribution is 5.73. The van der Waals surface area contributed by atoms with Crippen LogP contribution in [0.3, 0.4) is 0 Å². The molecule has 0 aliphatic rings. The predicted octanol–water partition coefficient (Wildman–Crippen LogP) is 2.48. The van der Waals surface area contributed by atoms with Crippen LogP contribution in [0.1, 0.15) is 19.2 Å². The lowest BCUT2D eigenvalue weighted by atomic mass is 10.1. The minimum absolute atomic E-state index is 0.913. The summed E-state index contributed by atoms with van der Waals surface area (Å²) in [6.45, 7) is 2.14. The maximum atomic E-state index is 4.59. The molecule has 0 radical (unpaired) electrons. The highest BCUT2D eigenvalue weighted by Gasteiger charge is 2.11. The molecule has 0 fully saturated rings. The van der Waals surface area contributed by atoms with Gasteiger partial charge in [0.15, 0.2) is 11.6 Å². The molecule has 0 spiro atoms. The molecule has 17 heavy (non-hydrogen) atoms. The lowest BCUT2D eigenvalue weighted by molar-refractivity contribution is 0.738. The van der Waals surface area contributed by atoms with Gasteiger partial charge in [-0.2, -0.15) is 5.10 Å². The average molecular weight is 230 g/mol. The monoisotopic (exact) mass is 230 g/mol. The standard InChI is InChI=1S/C13H18N4/c1-4-7-12-15-13(17(3)16-12)10-8-5-6-9-11(10)14-2/h5-6,8-9,14H,4,7H2,1-3H3. The van der Waals surface area contributed by atoms with Crippen LogP contribution in [0.25, 0.3) is 11.4 Å². The first kappa shape index (κ1) is 11.6. The van der Waals surface area contributed by atoms with Gasteiger partial charge in [-0.05, 0) is 18.6 Å². The molecule has 0 atom stereocenters. The Kier molecular flexibility index (Phi) is 3.42. The van der Waals surface area contributed by atoms with Crippen molar-refractivity contribution >= 4 is 5.69 Å². The minimum Gasteiger partial charge on any atom is -0.388 e. The summed E-state index contributed by atoms with van der Waals surface area (Å²) in [4.78, 5) is 4.59. The lowest BCUT2D eigenvalue weighted by Crippen LogP contribution is -1.98. The molecule has 1 aromatic heterocycles. The summed E-state index contributed by atoms with van der Waals surface area (Å²) in [5.74, 6) is 1.83. The Morgan fingerprint density at radius 1 is 1.29 bits per heavy atom. The van der Waals surface area contributed by atoms with Gasteiger partial charge < -0.3 is 5.32 Å². The van der Waals surface area contributed by atoms with Crippen LogP contribution in [0.5, 0.6) is 0 Å². The maximum absolute atomic E-state index is 4.59. The average Bonchev–Trinajstić information content (AvgIpc) is 2.70. The molecule has 2 rings (SSSR count). The molecule has 4 heteroatoms. The van der Waals surface area contributed by atoms with Crippen LogP contribution in [0, 0.1) is 0 Å². The summed E-state index contributed by atoms with van der Waals surface area (Å²) in [5, 5.41) is 7.61. The first-order chi connectivity index (χ1) is 8.26. The van der Waals surface area contributed by atoms with Gasteiger partial charge in [-0.15, -0.1) is 0 Å². The smallest absolute Gasteiger partial charge is 0.160 e. The van der Waals surface area contributed by atoms with Crippen molar-refractivity contribution in [1.29, 1.82) is 0 Å². The summed E-state index contributed by atoms with van der Waals surface area (Å²) in [6, 6.07) is 8.14. The van der Waals surface area contributed by atoms with E-state index in [0.717, 1.165) is 35.7 Å². The van der Waals surface area contributed by atoms with E-state index in [1.807, 2.05) is 37.0 Å². The molecule has 90 valence electrons. The molecular formula is C13H18N4. The van der Waals surface area contributed by atoms with Gasteiger partial charge in [-0.25, -0.2) is 9.67 Å². The van der Waals surface area contributed by atoms with Crippen LogP contribution < -0.4 is 5.32 Å². The number of aryl methyl sites for hydroxylation is 2. The second kappa shape index (κ2) is 4.99. The topological polar surface area (TPSA) is 42.7 Å². The van der Waals surface area contributed by atoms with E-state index in [-0.39, 0.29) is 0 Å². The molecule has 1 N–H and O–H groups in total. The van der Waals surface area contributed by atoms with E-state index in [4.69, 9.17) is 0 Å². The largest absolute Gasteiger partial charge is 0.388 e. The Bertz CT molecular complexity index is 502. The van der Waals surface area contributed by atoms with E-state index in [0.29, 0.717) is 0 Å². The van der Waals surface area contributed by atoms with E-state index in [1.165, 1.54) is 0 Å². The molecule has 0 saturated heterocycles. The van der Waals surface area contributed by atoms with Gasteiger partial charge in [0.25, 0.3) is 0 Å². The van der Waals surface area contributed by atoms with Crippen molar-refractivity contribution in [3.8, 4) is 11.4 Å². The fraction of sp³-hybridized carbons (Fsp3) is 0.385. The first-order valence-corrected chi connectivity index (χ1v) is 5.93. The maximum Gasteiger partial charge on any atom is 0.160 e. The van der Waals surface area contributed by atoms with E-state index in [1.54, 1.807) is 0 Å². The zero-order valence-corrected chi connectivity index (χ0v) is 10.6. The van der Waals surface area contributed by atoms with E-state index in [9.17, 15) is 0 Å². The Morgan fingerprint density at radius 2 is 2.06 bits per heavy atom. The van der Waals surface area contributed by atoms with E-state index < -0.39 is 0 Å². The molecule has 0 amide bonds. The molecular weight excluding hydrogens is 212 g/mol. The van der Waals surface area contributed by atoms with Gasteiger partial charge in [0.2, 0.25) is 0 Å². The Balaban J connectivity index is 2.45. The van der Waals surface area contributed by atoms with Crippen molar-refractivity contribution in [1.82, 2.24) is 14.8 Å². The molecule has 0 saturated carbocycles. The molecule has 1 heterocycles. The van der Waals surface area contributed by atoms with E-state index >= 15 is 0 Å². The van der Waals surface area contributed by atoms with Crippen molar-refractivity contribution in [3.63, 3.8) is 0 Å². The fourth-order valence-corrected chi connectivity index (χ4v) is 1.90. The zero-order valence-electron chi connectivity index (χ0n) is 10.6.